The summed E-state index contributed by atoms with van der Waals surface area (Å²) in [5, 5.41) is 4.80. The van der Waals surface area contributed by atoms with Crippen molar-refractivity contribution in [1.29, 1.82) is 0 Å². The maximum atomic E-state index is 4.55. The summed E-state index contributed by atoms with van der Waals surface area (Å²) in [6, 6.07) is 0. The van der Waals surface area contributed by atoms with E-state index in [2.05, 4.69) is 38.9 Å². The van der Waals surface area contributed by atoms with Crippen LogP contribution in [0.15, 0.2) is 11.2 Å². The van der Waals surface area contributed by atoms with Gasteiger partial charge in [-0.15, -0.1) is 11.3 Å². The van der Waals surface area contributed by atoms with Crippen molar-refractivity contribution >= 4 is 29.1 Å². The third-order valence-electron chi connectivity index (χ3n) is 5.10. The zero-order valence-electron chi connectivity index (χ0n) is 15.0. The quantitative estimate of drug-likeness (QED) is 0.653. The summed E-state index contributed by atoms with van der Waals surface area (Å²) < 4.78 is 0.486. The fourth-order valence-corrected chi connectivity index (χ4v) is 6.20. The van der Waals surface area contributed by atoms with E-state index in [4.69, 9.17) is 0 Å². The minimum Gasteiger partial charge on any atom is -0.356 e. The van der Waals surface area contributed by atoms with Gasteiger partial charge in [-0.2, -0.15) is 11.8 Å². The van der Waals surface area contributed by atoms with Gasteiger partial charge in [-0.25, -0.2) is 4.98 Å². The van der Waals surface area contributed by atoms with Gasteiger partial charge >= 0.3 is 0 Å². The summed E-state index contributed by atoms with van der Waals surface area (Å²) in [6.07, 6.45) is 11.1. The van der Waals surface area contributed by atoms with Crippen molar-refractivity contribution in [2.24, 2.45) is 4.99 Å². The van der Waals surface area contributed by atoms with Gasteiger partial charge in [0, 0.05) is 54.7 Å². The number of aryl methyl sites for hydroxylation is 1. The lowest BCUT2D eigenvalue weighted by atomic mass is 9.87. The lowest BCUT2D eigenvalue weighted by Crippen LogP contribution is -2.53. The Morgan fingerprint density at radius 2 is 2.21 bits per heavy atom. The molecule has 2 fully saturated rings. The average Bonchev–Trinajstić information content (AvgIpc) is 3.07. The smallest absolute Gasteiger partial charge is 0.193 e. The number of aromatic nitrogens is 1. The van der Waals surface area contributed by atoms with Crippen molar-refractivity contribution in [3.05, 3.63) is 16.1 Å². The van der Waals surface area contributed by atoms with Crippen molar-refractivity contribution in [3.8, 4) is 0 Å². The Bertz CT molecular complexity index is 543. The molecule has 1 aliphatic carbocycles. The van der Waals surface area contributed by atoms with E-state index in [-0.39, 0.29) is 0 Å². The third kappa shape index (κ3) is 4.45. The number of thiazole rings is 1. The summed E-state index contributed by atoms with van der Waals surface area (Å²) in [4.78, 5) is 12.9. The highest BCUT2D eigenvalue weighted by Gasteiger charge is 2.38. The molecular formula is C18H30N4S2. The van der Waals surface area contributed by atoms with Crippen LogP contribution >= 0.6 is 23.1 Å². The average molecular weight is 367 g/mol. The maximum absolute atomic E-state index is 4.55. The van der Waals surface area contributed by atoms with Crippen LogP contribution in [0, 0.1) is 0 Å². The minimum atomic E-state index is 0.486. The van der Waals surface area contributed by atoms with E-state index in [9.17, 15) is 0 Å². The molecule has 1 N–H and O–H groups in total. The van der Waals surface area contributed by atoms with Crippen molar-refractivity contribution in [2.75, 3.05) is 32.4 Å². The second-order valence-corrected chi connectivity index (χ2v) is 9.57. The van der Waals surface area contributed by atoms with Gasteiger partial charge in [0.2, 0.25) is 0 Å². The molecule has 0 atom stereocenters. The Morgan fingerprint density at radius 1 is 1.38 bits per heavy atom. The molecule has 0 radical (unpaired) electrons. The standard InChI is InChI=1S/C18H30N4S2/c1-3-15-13-21-16(24-15)7-10-20-17(19-2)22-11-12-23-18(14-22)8-5-4-6-9-18/h13H,3-12,14H2,1-2H3,(H,19,20). The van der Waals surface area contributed by atoms with E-state index in [0.29, 0.717) is 4.75 Å². The van der Waals surface area contributed by atoms with Gasteiger partial charge in [-0.1, -0.05) is 26.2 Å². The first kappa shape index (κ1) is 18.1. The van der Waals surface area contributed by atoms with Crippen molar-refractivity contribution < 1.29 is 0 Å². The predicted octanol–water partition coefficient (Wildman–Crippen LogP) is 3.58. The van der Waals surface area contributed by atoms with E-state index >= 15 is 0 Å². The first-order valence-electron chi connectivity index (χ1n) is 9.28. The molecular weight excluding hydrogens is 336 g/mol. The van der Waals surface area contributed by atoms with E-state index in [0.717, 1.165) is 38.4 Å². The zero-order chi connectivity index (χ0) is 16.8. The molecule has 2 aliphatic rings. The molecule has 1 aromatic heterocycles. The number of thioether (sulfide) groups is 1. The van der Waals surface area contributed by atoms with Crippen LogP contribution in [0.3, 0.4) is 0 Å². The number of nitrogens with one attached hydrogen (secondary N) is 1. The fourth-order valence-electron chi connectivity index (χ4n) is 3.76. The van der Waals surface area contributed by atoms with Crippen molar-refractivity contribution in [1.82, 2.24) is 15.2 Å². The van der Waals surface area contributed by atoms with Crippen LogP contribution in [0.2, 0.25) is 0 Å². The first-order chi connectivity index (χ1) is 11.7. The van der Waals surface area contributed by atoms with Gasteiger partial charge < -0.3 is 10.2 Å². The lowest BCUT2D eigenvalue weighted by Gasteiger charge is -2.45. The van der Waals surface area contributed by atoms with Gasteiger partial charge in [-0.05, 0) is 19.3 Å². The number of hydrogen-bond acceptors (Lipinski definition) is 4. The van der Waals surface area contributed by atoms with Crippen LogP contribution in [0.25, 0.3) is 0 Å². The molecule has 6 heteroatoms. The van der Waals surface area contributed by atoms with Gasteiger partial charge in [-0.3, -0.25) is 4.99 Å². The predicted molar refractivity (Wildman–Crippen MR) is 106 cm³/mol. The Labute approximate surface area is 154 Å². The monoisotopic (exact) mass is 366 g/mol. The molecule has 1 aromatic rings. The Hall–Kier alpha value is -0.750. The highest BCUT2D eigenvalue weighted by Crippen LogP contribution is 2.42. The second-order valence-electron chi connectivity index (χ2n) is 6.81. The number of hydrogen-bond donors (Lipinski definition) is 1. The van der Waals surface area contributed by atoms with Gasteiger partial charge in [0.25, 0.3) is 0 Å². The Kier molecular flexibility index (Phi) is 6.44. The van der Waals surface area contributed by atoms with Crippen LogP contribution in [0.4, 0.5) is 0 Å². The summed E-state index contributed by atoms with van der Waals surface area (Å²) in [7, 11) is 1.91. The molecule has 0 aromatic carbocycles. The summed E-state index contributed by atoms with van der Waals surface area (Å²) >= 11 is 4.05. The molecule has 1 saturated heterocycles. The molecule has 1 spiro atoms. The normalized spacial score (nSPS) is 21.2. The highest BCUT2D eigenvalue weighted by molar-refractivity contribution is 8.00. The summed E-state index contributed by atoms with van der Waals surface area (Å²) in [5.41, 5.74) is 0. The fraction of sp³-hybridized carbons (Fsp3) is 0.778. The van der Waals surface area contributed by atoms with Crippen LogP contribution in [-0.4, -0.2) is 53.0 Å². The van der Waals surface area contributed by atoms with E-state index in [1.807, 2.05) is 24.6 Å². The van der Waals surface area contributed by atoms with Gasteiger partial charge in [0.05, 0.1) is 5.01 Å². The van der Waals surface area contributed by atoms with Crippen LogP contribution in [0.5, 0.6) is 0 Å². The zero-order valence-corrected chi connectivity index (χ0v) is 16.6. The van der Waals surface area contributed by atoms with E-state index < -0.39 is 0 Å². The molecule has 1 saturated carbocycles. The molecule has 4 nitrogen and oxygen atoms in total. The van der Waals surface area contributed by atoms with Crippen LogP contribution < -0.4 is 5.32 Å². The number of nitrogens with zero attached hydrogens (tertiary/aromatic N) is 3. The van der Waals surface area contributed by atoms with Gasteiger partial charge in [0.15, 0.2) is 5.96 Å². The molecule has 24 heavy (non-hydrogen) atoms. The van der Waals surface area contributed by atoms with E-state index in [1.165, 1.54) is 47.7 Å². The maximum Gasteiger partial charge on any atom is 0.193 e. The van der Waals surface area contributed by atoms with Crippen LogP contribution in [-0.2, 0) is 12.8 Å². The number of aliphatic imine (C=N–C) groups is 1. The minimum absolute atomic E-state index is 0.486. The SMILES string of the molecule is CCc1cnc(CCNC(=NC)N2CCSC3(CCCCC3)C2)s1. The first-order valence-corrected chi connectivity index (χ1v) is 11.1. The lowest BCUT2D eigenvalue weighted by molar-refractivity contribution is 0.293. The van der Waals surface area contributed by atoms with E-state index in [1.54, 1.807) is 0 Å². The summed E-state index contributed by atoms with van der Waals surface area (Å²) in [6.45, 7) is 5.38. The molecule has 0 bridgehead atoms. The highest BCUT2D eigenvalue weighted by atomic mass is 32.2. The molecule has 2 heterocycles. The van der Waals surface area contributed by atoms with Crippen molar-refractivity contribution in [2.45, 2.75) is 56.6 Å². The van der Waals surface area contributed by atoms with Crippen molar-refractivity contribution in [3.63, 3.8) is 0 Å². The Balaban J connectivity index is 1.51. The number of rotatable bonds is 4. The van der Waals surface area contributed by atoms with Gasteiger partial charge in [0.1, 0.15) is 0 Å². The molecule has 0 amide bonds. The molecule has 3 rings (SSSR count). The third-order valence-corrected chi connectivity index (χ3v) is 7.83. The Morgan fingerprint density at radius 3 is 2.92 bits per heavy atom. The topological polar surface area (TPSA) is 40.5 Å². The number of guanidine groups is 1. The largest absolute Gasteiger partial charge is 0.356 e. The molecule has 134 valence electrons. The molecule has 0 unspecified atom stereocenters. The molecule has 1 aliphatic heterocycles. The summed E-state index contributed by atoms with van der Waals surface area (Å²) in [5.74, 6) is 2.31. The van der Waals surface area contributed by atoms with Crippen LogP contribution in [0.1, 0.15) is 48.9 Å². The second kappa shape index (κ2) is 8.56.